The molecule has 1 heteroatoms. The van der Waals surface area contributed by atoms with E-state index in [2.05, 4.69) is 44.2 Å². The van der Waals surface area contributed by atoms with Crippen LogP contribution in [0.15, 0.2) is 30.3 Å². The smallest absolute Gasteiger partial charge is 0.0431 e. The van der Waals surface area contributed by atoms with Crippen molar-refractivity contribution in [3.63, 3.8) is 0 Å². The number of benzene rings is 1. The molecule has 0 bridgehead atoms. The maximum absolute atomic E-state index is 8.81. The fourth-order valence-corrected chi connectivity index (χ4v) is 1.81. The lowest BCUT2D eigenvalue weighted by molar-refractivity contribution is 0.232. The van der Waals surface area contributed by atoms with Gasteiger partial charge >= 0.3 is 0 Å². The fraction of sp³-hybridized carbons (Fsp3) is 0.571. The van der Waals surface area contributed by atoms with E-state index < -0.39 is 0 Å². The first kappa shape index (κ1) is 12.3. The monoisotopic (exact) mass is 206 g/mol. The Labute approximate surface area is 93.1 Å². The highest BCUT2D eigenvalue weighted by molar-refractivity contribution is 5.14. The molecule has 1 rings (SSSR count). The van der Waals surface area contributed by atoms with Crippen LogP contribution in [0.5, 0.6) is 0 Å². The molecule has 0 spiro atoms. The van der Waals surface area contributed by atoms with Crippen LogP contribution in [-0.4, -0.2) is 11.7 Å². The molecule has 0 atom stereocenters. The minimum absolute atomic E-state index is 0.314. The lowest BCUT2D eigenvalue weighted by Crippen LogP contribution is -2.13. The Hall–Kier alpha value is -0.820. The molecular formula is C14H22O. The second-order valence-corrected chi connectivity index (χ2v) is 4.98. The van der Waals surface area contributed by atoms with Crippen molar-refractivity contribution in [2.75, 3.05) is 6.61 Å². The summed E-state index contributed by atoms with van der Waals surface area (Å²) in [5, 5.41) is 8.81. The van der Waals surface area contributed by atoms with Gasteiger partial charge in [-0.15, -0.1) is 0 Å². The molecule has 0 heterocycles. The summed E-state index contributed by atoms with van der Waals surface area (Å²) in [5.74, 6) is 0. The molecular weight excluding hydrogens is 184 g/mol. The standard InChI is InChI=1S/C14H22O/c1-14(2,10-6-12-15)11-9-13-7-4-3-5-8-13/h3-5,7-8,15H,6,9-12H2,1-2H3. The van der Waals surface area contributed by atoms with Crippen molar-refractivity contribution >= 4 is 0 Å². The van der Waals surface area contributed by atoms with Gasteiger partial charge in [-0.1, -0.05) is 44.2 Å². The van der Waals surface area contributed by atoms with Crippen molar-refractivity contribution in [3.8, 4) is 0 Å². The highest BCUT2D eigenvalue weighted by Crippen LogP contribution is 2.28. The van der Waals surface area contributed by atoms with Crippen LogP contribution in [0.4, 0.5) is 0 Å². The van der Waals surface area contributed by atoms with E-state index in [1.165, 1.54) is 12.0 Å². The molecule has 0 amide bonds. The van der Waals surface area contributed by atoms with Crippen LogP contribution in [0.2, 0.25) is 0 Å². The Morgan fingerprint density at radius 1 is 1.07 bits per heavy atom. The normalized spacial score (nSPS) is 11.7. The Morgan fingerprint density at radius 2 is 1.73 bits per heavy atom. The van der Waals surface area contributed by atoms with E-state index in [1.807, 2.05) is 0 Å². The maximum Gasteiger partial charge on any atom is 0.0431 e. The summed E-state index contributed by atoms with van der Waals surface area (Å²) in [5.41, 5.74) is 1.76. The first-order valence-corrected chi connectivity index (χ1v) is 5.79. The summed E-state index contributed by atoms with van der Waals surface area (Å²) in [6, 6.07) is 10.6. The van der Waals surface area contributed by atoms with Gasteiger partial charge in [0, 0.05) is 6.61 Å². The quantitative estimate of drug-likeness (QED) is 0.756. The van der Waals surface area contributed by atoms with Crippen LogP contribution in [0.3, 0.4) is 0 Å². The number of rotatable bonds is 6. The van der Waals surface area contributed by atoms with Gasteiger partial charge in [0.25, 0.3) is 0 Å². The lowest BCUT2D eigenvalue weighted by Gasteiger charge is -2.24. The molecule has 0 unspecified atom stereocenters. The average Bonchev–Trinajstić information content (AvgIpc) is 2.25. The third kappa shape index (κ3) is 4.98. The van der Waals surface area contributed by atoms with Gasteiger partial charge in [-0.05, 0) is 36.7 Å². The summed E-state index contributed by atoms with van der Waals surface area (Å²) in [4.78, 5) is 0. The molecule has 0 aliphatic rings. The van der Waals surface area contributed by atoms with E-state index in [0.29, 0.717) is 12.0 Å². The van der Waals surface area contributed by atoms with E-state index in [1.54, 1.807) is 0 Å². The predicted molar refractivity (Wildman–Crippen MR) is 64.9 cm³/mol. The van der Waals surface area contributed by atoms with Gasteiger partial charge in [0.15, 0.2) is 0 Å². The van der Waals surface area contributed by atoms with Crippen LogP contribution >= 0.6 is 0 Å². The lowest BCUT2D eigenvalue weighted by atomic mass is 9.82. The summed E-state index contributed by atoms with van der Waals surface area (Å²) in [6.07, 6.45) is 4.36. The van der Waals surface area contributed by atoms with E-state index in [9.17, 15) is 0 Å². The minimum Gasteiger partial charge on any atom is -0.396 e. The maximum atomic E-state index is 8.81. The van der Waals surface area contributed by atoms with Crippen LogP contribution in [0.25, 0.3) is 0 Å². The number of aliphatic hydroxyl groups is 1. The van der Waals surface area contributed by atoms with Crippen LogP contribution in [0.1, 0.15) is 38.7 Å². The third-order valence-electron chi connectivity index (χ3n) is 2.94. The van der Waals surface area contributed by atoms with Crippen molar-refractivity contribution < 1.29 is 5.11 Å². The molecule has 1 N–H and O–H groups in total. The summed E-state index contributed by atoms with van der Waals surface area (Å²) in [7, 11) is 0. The number of aliphatic hydroxyl groups excluding tert-OH is 1. The van der Waals surface area contributed by atoms with Crippen LogP contribution in [0, 0.1) is 5.41 Å². The van der Waals surface area contributed by atoms with E-state index in [4.69, 9.17) is 5.11 Å². The van der Waals surface area contributed by atoms with Crippen molar-refractivity contribution in [3.05, 3.63) is 35.9 Å². The van der Waals surface area contributed by atoms with E-state index in [-0.39, 0.29) is 0 Å². The first-order chi connectivity index (χ1) is 7.14. The Kier molecular flexibility index (Phi) is 4.83. The van der Waals surface area contributed by atoms with Crippen molar-refractivity contribution in [1.29, 1.82) is 0 Å². The van der Waals surface area contributed by atoms with Crippen LogP contribution in [-0.2, 0) is 6.42 Å². The Bertz CT molecular complexity index is 264. The van der Waals surface area contributed by atoms with Gasteiger partial charge in [0.05, 0.1) is 0 Å². The molecule has 1 nitrogen and oxygen atoms in total. The largest absolute Gasteiger partial charge is 0.396 e. The number of hydrogen-bond donors (Lipinski definition) is 1. The summed E-state index contributed by atoms with van der Waals surface area (Å²) in [6.45, 7) is 4.88. The van der Waals surface area contributed by atoms with Gasteiger partial charge < -0.3 is 5.11 Å². The highest BCUT2D eigenvalue weighted by Gasteiger charge is 2.16. The van der Waals surface area contributed by atoms with E-state index in [0.717, 1.165) is 19.3 Å². The molecule has 84 valence electrons. The molecule has 0 fully saturated rings. The van der Waals surface area contributed by atoms with Gasteiger partial charge in [-0.25, -0.2) is 0 Å². The summed E-state index contributed by atoms with van der Waals surface area (Å²) >= 11 is 0. The predicted octanol–water partition coefficient (Wildman–Crippen LogP) is 3.42. The zero-order valence-electron chi connectivity index (χ0n) is 9.87. The van der Waals surface area contributed by atoms with Crippen molar-refractivity contribution in [2.24, 2.45) is 5.41 Å². The van der Waals surface area contributed by atoms with Crippen LogP contribution < -0.4 is 0 Å². The van der Waals surface area contributed by atoms with Gasteiger partial charge in [0.1, 0.15) is 0 Å². The number of aryl methyl sites for hydroxylation is 1. The Balaban J connectivity index is 2.35. The average molecular weight is 206 g/mol. The molecule has 1 aromatic rings. The first-order valence-electron chi connectivity index (χ1n) is 5.79. The second kappa shape index (κ2) is 5.92. The SMILES string of the molecule is CC(C)(CCCO)CCc1ccccc1. The third-order valence-corrected chi connectivity index (χ3v) is 2.94. The zero-order valence-corrected chi connectivity index (χ0v) is 9.87. The minimum atomic E-state index is 0.314. The topological polar surface area (TPSA) is 20.2 Å². The molecule has 0 saturated heterocycles. The molecule has 0 aromatic heterocycles. The van der Waals surface area contributed by atoms with Crippen molar-refractivity contribution in [2.45, 2.75) is 39.5 Å². The van der Waals surface area contributed by atoms with Gasteiger partial charge in [-0.2, -0.15) is 0 Å². The van der Waals surface area contributed by atoms with Gasteiger partial charge in [-0.3, -0.25) is 0 Å². The Morgan fingerprint density at radius 3 is 2.33 bits per heavy atom. The summed E-state index contributed by atoms with van der Waals surface area (Å²) < 4.78 is 0. The fourth-order valence-electron chi connectivity index (χ4n) is 1.81. The zero-order chi connectivity index (χ0) is 11.1. The van der Waals surface area contributed by atoms with Gasteiger partial charge in [0.2, 0.25) is 0 Å². The molecule has 0 aliphatic heterocycles. The molecule has 0 aliphatic carbocycles. The molecule has 1 aromatic carbocycles. The van der Waals surface area contributed by atoms with Crippen molar-refractivity contribution in [1.82, 2.24) is 0 Å². The second-order valence-electron chi connectivity index (χ2n) is 4.98. The molecule has 0 saturated carbocycles. The molecule has 15 heavy (non-hydrogen) atoms. The molecule has 0 radical (unpaired) electrons. The van der Waals surface area contributed by atoms with E-state index >= 15 is 0 Å². The highest BCUT2D eigenvalue weighted by atomic mass is 16.2. The number of hydrogen-bond acceptors (Lipinski definition) is 1.